The Balaban J connectivity index is 1.45. The van der Waals surface area contributed by atoms with Gasteiger partial charge in [0.25, 0.3) is 5.91 Å². The molecule has 3 heterocycles. The minimum absolute atomic E-state index is 0.0512. The van der Waals surface area contributed by atoms with Crippen molar-refractivity contribution < 1.29 is 28.7 Å². The fourth-order valence-electron chi connectivity index (χ4n) is 5.24. The maximum Gasteiger partial charge on any atom is 0.321 e. The van der Waals surface area contributed by atoms with Gasteiger partial charge in [0.05, 0.1) is 20.2 Å². The lowest BCUT2D eigenvalue weighted by Gasteiger charge is -2.26. The first-order valence-corrected chi connectivity index (χ1v) is 14.6. The number of imidazole rings is 1. The molecule has 3 N–H and O–H groups in total. The highest BCUT2D eigenvalue weighted by Crippen LogP contribution is 2.32. The first-order chi connectivity index (χ1) is 21.2. The molecular formula is C31H37N7O6. The summed E-state index contributed by atoms with van der Waals surface area (Å²) in [6.45, 7) is 5.26. The van der Waals surface area contributed by atoms with Gasteiger partial charge in [0.2, 0.25) is 11.8 Å². The number of nitrogens with zero attached hydrogens (tertiary/aromatic N) is 4. The van der Waals surface area contributed by atoms with E-state index in [1.165, 1.54) is 4.90 Å². The van der Waals surface area contributed by atoms with Gasteiger partial charge in [-0.15, -0.1) is 0 Å². The van der Waals surface area contributed by atoms with E-state index in [0.717, 1.165) is 5.56 Å². The van der Waals surface area contributed by atoms with Gasteiger partial charge in [-0.05, 0) is 42.3 Å². The summed E-state index contributed by atoms with van der Waals surface area (Å²) in [6, 6.07) is 11.2. The number of amides is 5. The van der Waals surface area contributed by atoms with Crippen molar-refractivity contribution in [3.05, 3.63) is 60.4 Å². The Kier molecular flexibility index (Phi) is 9.32. The molecule has 13 heteroatoms. The molecule has 0 aliphatic carbocycles. The molecule has 1 saturated heterocycles. The molecule has 5 amide bonds. The molecule has 1 fully saturated rings. The minimum Gasteiger partial charge on any atom is -0.493 e. The van der Waals surface area contributed by atoms with Crippen LogP contribution in [0.2, 0.25) is 0 Å². The van der Waals surface area contributed by atoms with Crippen molar-refractivity contribution in [3.8, 4) is 22.9 Å². The van der Waals surface area contributed by atoms with E-state index in [0.29, 0.717) is 54.8 Å². The van der Waals surface area contributed by atoms with Crippen molar-refractivity contribution in [1.82, 2.24) is 30.4 Å². The molecule has 1 atom stereocenters. The molecular weight excluding hydrogens is 566 g/mol. The second kappa shape index (κ2) is 13.5. The number of carbonyl (C=O) groups is 4. The van der Waals surface area contributed by atoms with Gasteiger partial charge in [0.1, 0.15) is 18.5 Å². The van der Waals surface area contributed by atoms with E-state index in [4.69, 9.17) is 9.47 Å². The number of methoxy groups -OCH3 is 1. The number of urea groups is 1. The van der Waals surface area contributed by atoms with Gasteiger partial charge < -0.3 is 34.9 Å². The lowest BCUT2D eigenvalue weighted by Crippen LogP contribution is -2.53. The quantitative estimate of drug-likeness (QED) is 0.413. The Morgan fingerprint density at radius 2 is 1.86 bits per heavy atom. The zero-order valence-corrected chi connectivity index (χ0v) is 25.0. The second-order valence-corrected chi connectivity index (χ2v) is 10.9. The van der Waals surface area contributed by atoms with Gasteiger partial charge in [-0.2, -0.15) is 0 Å². The number of anilines is 1. The van der Waals surface area contributed by atoms with Crippen LogP contribution in [0.1, 0.15) is 24.2 Å². The van der Waals surface area contributed by atoms with Crippen LogP contribution < -0.4 is 30.3 Å². The van der Waals surface area contributed by atoms with Crippen molar-refractivity contribution in [2.45, 2.75) is 26.4 Å². The Morgan fingerprint density at radius 3 is 2.61 bits per heavy atom. The number of fused-ring (bicyclic) bond motifs is 4. The van der Waals surface area contributed by atoms with Crippen LogP contribution in [0.4, 0.5) is 10.5 Å². The maximum absolute atomic E-state index is 13.8. The molecule has 44 heavy (non-hydrogen) atoms. The number of hydrogen-bond donors (Lipinski definition) is 3. The average Bonchev–Trinajstić information content (AvgIpc) is 3.67. The number of ether oxygens (including phenoxy) is 2. The summed E-state index contributed by atoms with van der Waals surface area (Å²) in [6.07, 6.45) is 3.52. The van der Waals surface area contributed by atoms with Crippen LogP contribution in [0.3, 0.4) is 0 Å². The third kappa shape index (κ3) is 6.77. The van der Waals surface area contributed by atoms with Crippen LogP contribution in [0.5, 0.6) is 11.5 Å². The third-order valence-corrected chi connectivity index (χ3v) is 7.56. The standard InChI is InChI=1S/C31H37N7O6/c1-20(2)27-29(40)33-10-13-36-12-9-32-28(36)21-7-8-24(43-3)25(18-21)44-16-15-37(19-26(39)35-27)30(41)22-5-4-6-23(17-22)38-14-11-34-31(38)42/h4-9,12,17-18,20,27H,10-11,13-16,19H2,1-3H3,(H,33,40)(H,34,42)(H,35,39)/t27-/m1/s1. The van der Waals surface area contributed by atoms with Gasteiger partial charge in [-0.1, -0.05) is 19.9 Å². The highest BCUT2D eigenvalue weighted by molar-refractivity contribution is 6.00. The topological polar surface area (TPSA) is 147 Å². The van der Waals surface area contributed by atoms with Gasteiger partial charge in [-0.25, -0.2) is 9.78 Å². The molecule has 13 nitrogen and oxygen atoms in total. The summed E-state index contributed by atoms with van der Waals surface area (Å²) in [4.78, 5) is 59.9. The van der Waals surface area contributed by atoms with E-state index in [9.17, 15) is 19.2 Å². The Hall–Kier alpha value is -5.07. The monoisotopic (exact) mass is 603 g/mol. The molecule has 2 aromatic carbocycles. The normalized spacial score (nSPS) is 18.1. The number of nitrogens with one attached hydrogen (secondary N) is 3. The van der Waals surface area contributed by atoms with Crippen molar-refractivity contribution in [2.75, 3.05) is 51.3 Å². The minimum atomic E-state index is -0.801. The van der Waals surface area contributed by atoms with E-state index in [1.807, 2.05) is 36.7 Å². The summed E-state index contributed by atoms with van der Waals surface area (Å²) in [5.74, 6) is 0.228. The van der Waals surface area contributed by atoms with Crippen LogP contribution in [0, 0.1) is 5.92 Å². The van der Waals surface area contributed by atoms with Crippen molar-refractivity contribution in [1.29, 1.82) is 0 Å². The SMILES string of the molecule is COc1ccc2cc1OCCN(C(=O)c1cccc(N3CCNC3=O)c1)CC(=O)N[C@H](C(C)C)C(=O)NCCn1ccnc1-2. The lowest BCUT2D eigenvalue weighted by atomic mass is 10.0. The molecule has 232 valence electrons. The first-order valence-electron chi connectivity index (χ1n) is 14.6. The zero-order valence-electron chi connectivity index (χ0n) is 25.0. The number of aromatic nitrogens is 2. The van der Waals surface area contributed by atoms with Crippen molar-refractivity contribution in [2.24, 2.45) is 5.92 Å². The average molecular weight is 604 g/mol. The highest BCUT2D eigenvalue weighted by atomic mass is 16.5. The molecule has 5 rings (SSSR count). The molecule has 2 aliphatic heterocycles. The molecule has 0 radical (unpaired) electrons. The molecule has 0 spiro atoms. The fraction of sp³-hybridized carbons (Fsp3) is 0.387. The zero-order chi connectivity index (χ0) is 31.2. The lowest BCUT2D eigenvalue weighted by molar-refractivity contribution is -0.130. The number of hydrogen-bond acceptors (Lipinski definition) is 7. The van der Waals surface area contributed by atoms with E-state index in [2.05, 4.69) is 20.9 Å². The van der Waals surface area contributed by atoms with Crippen molar-refractivity contribution >= 4 is 29.4 Å². The van der Waals surface area contributed by atoms with Crippen LogP contribution in [0.25, 0.3) is 11.4 Å². The van der Waals surface area contributed by atoms with Gasteiger partial charge >= 0.3 is 6.03 Å². The van der Waals surface area contributed by atoms with Crippen molar-refractivity contribution in [3.63, 3.8) is 0 Å². The van der Waals surface area contributed by atoms with E-state index < -0.39 is 17.9 Å². The molecule has 0 saturated carbocycles. The number of benzene rings is 2. The Labute approximate surface area is 255 Å². The van der Waals surface area contributed by atoms with Crippen LogP contribution in [0.15, 0.2) is 54.9 Å². The molecule has 2 aliphatic rings. The van der Waals surface area contributed by atoms with Gasteiger partial charge in [-0.3, -0.25) is 19.3 Å². The Morgan fingerprint density at radius 1 is 1.05 bits per heavy atom. The van der Waals surface area contributed by atoms with Gasteiger partial charge in [0.15, 0.2) is 11.5 Å². The predicted octanol–water partition coefficient (Wildman–Crippen LogP) is 1.88. The van der Waals surface area contributed by atoms with E-state index >= 15 is 0 Å². The number of carbonyl (C=O) groups excluding carboxylic acids is 4. The smallest absolute Gasteiger partial charge is 0.321 e. The highest BCUT2D eigenvalue weighted by Gasteiger charge is 2.28. The molecule has 0 unspecified atom stereocenters. The second-order valence-electron chi connectivity index (χ2n) is 10.9. The summed E-state index contributed by atoms with van der Waals surface area (Å²) < 4.78 is 13.6. The Bertz CT molecular complexity index is 1540. The molecule has 2 bridgehead atoms. The van der Waals surface area contributed by atoms with Crippen LogP contribution >= 0.6 is 0 Å². The van der Waals surface area contributed by atoms with E-state index in [-0.39, 0.29) is 37.6 Å². The summed E-state index contributed by atoms with van der Waals surface area (Å²) in [5, 5.41) is 8.48. The predicted molar refractivity (Wildman–Crippen MR) is 163 cm³/mol. The summed E-state index contributed by atoms with van der Waals surface area (Å²) in [5.41, 5.74) is 1.67. The van der Waals surface area contributed by atoms with Crippen LogP contribution in [-0.2, 0) is 16.1 Å². The molecule has 1 aromatic heterocycles. The first kappa shape index (κ1) is 30.4. The summed E-state index contributed by atoms with van der Waals surface area (Å²) >= 11 is 0. The molecule has 3 aromatic rings. The summed E-state index contributed by atoms with van der Waals surface area (Å²) in [7, 11) is 1.54. The van der Waals surface area contributed by atoms with E-state index in [1.54, 1.807) is 48.5 Å². The maximum atomic E-state index is 13.8. The largest absolute Gasteiger partial charge is 0.493 e. The third-order valence-electron chi connectivity index (χ3n) is 7.56. The van der Waals surface area contributed by atoms with Gasteiger partial charge in [0, 0.05) is 55.4 Å². The van der Waals surface area contributed by atoms with Crippen LogP contribution in [-0.4, -0.2) is 90.7 Å². The fourth-order valence-corrected chi connectivity index (χ4v) is 5.24. The number of rotatable bonds is 4.